The third kappa shape index (κ3) is 4.32. The SMILES string of the molecule is O=C(CSc1ccc(C(=O)O)o1)NC(=O)NC1CC1. The first-order valence-electron chi connectivity index (χ1n) is 5.61. The van der Waals surface area contributed by atoms with Gasteiger partial charge in [0.2, 0.25) is 11.7 Å². The maximum atomic E-state index is 11.4. The molecule has 1 aromatic rings. The van der Waals surface area contributed by atoms with Crippen LogP contribution >= 0.6 is 11.8 Å². The molecule has 7 nitrogen and oxygen atoms in total. The van der Waals surface area contributed by atoms with Gasteiger partial charge in [-0.3, -0.25) is 10.1 Å². The summed E-state index contributed by atoms with van der Waals surface area (Å²) in [5.41, 5.74) is 0. The Bertz CT molecular complexity index is 509. The summed E-state index contributed by atoms with van der Waals surface area (Å²) < 4.78 is 4.96. The summed E-state index contributed by atoms with van der Waals surface area (Å²) in [7, 11) is 0. The highest BCUT2D eigenvalue weighted by atomic mass is 32.2. The second kappa shape index (κ2) is 5.79. The average molecular weight is 284 g/mol. The number of hydrogen-bond donors (Lipinski definition) is 3. The van der Waals surface area contributed by atoms with E-state index in [-0.39, 0.29) is 17.6 Å². The van der Waals surface area contributed by atoms with E-state index in [4.69, 9.17) is 9.52 Å². The van der Waals surface area contributed by atoms with Gasteiger partial charge in [-0.25, -0.2) is 9.59 Å². The van der Waals surface area contributed by atoms with Gasteiger partial charge in [-0.1, -0.05) is 11.8 Å². The minimum Gasteiger partial charge on any atom is -0.475 e. The van der Waals surface area contributed by atoms with Crippen LogP contribution in [0.1, 0.15) is 23.4 Å². The van der Waals surface area contributed by atoms with Crippen LogP contribution in [0.15, 0.2) is 21.6 Å². The Balaban J connectivity index is 1.72. The molecule has 1 saturated carbocycles. The van der Waals surface area contributed by atoms with E-state index >= 15 is 0 Å². The number of carbonyl (C=O) groups excluding carboxylic acids is 2. The molecule has 1 fully saturated rings. The van der Waals surface area contributed by atoms with E-state index in [9.17, 15) is 14.4 Å². The Morgan fingerprint density at radius 1 is 1.37 bits per heavy atom. The van der Waals surface area contributed by atoms with E-state index < -0.39 is 17.9 Å². The molecule has 102 valence electrons. The summed E-state index contributed by atoms with van der Waals surface area (Å²) in [6, 6.07) is 2.45. The summed E-state index contributed by atoms with van der Waals surface area (Å²) in [4.78, 5) is 33.2. The number of carboxylic acid groups (broad SMARTS) is 1. The van der Waals surface area contributed by atoms with E-state index in [1.54, 1.807) is 0 Å². The van der Waals surface area contributed by atoms with Crippen molar-refractivity contribution in [2.24, 2.45) is 0 Å². The molecular formula is C11H12N2O5S. The van der Waals surface area contributed by atoms with Gasteiger partial charge in [0, 0.05) is 6.04 Å². The van der Waals surface area contributed by atoms with Gasteiger partial charge in [0.25, 0.3) is 0 Å². The third-order valence-corrected chi connectivity index (χ3v) is 3.21. The zero-order valence-corrected chi connectivity index (χ0v) is 10.7. The van der Waals surface area contributed by atoms with Crippen LogP contribution in [0.3, 0.4) is 0 Å². The molecule has 1 aliphatic carbocycles. The Kier molecular flexibility index (Phi) is 4.10. The van der Waals surface area contributed by atoms with Gasteiger partial charge < -0.3 is 14.8 Å². The summed E-state index contributed by atoms with van der Waals surface area (Å²) in [6.45, 7) is 0. The van der Waals surface area contributed by atoms with Gasteiger partial charge in [0.15, 0.2) is 5.09 Å². The number of urea groups is 1. The summed E-state index contributed by atoms with van der Waals surface area (Å²) in [5.74, 6) is -1.84. The zero-order valence-electron chi connectivity index (χ0n) is 9.84. The fourth-order valence-electron chi connectivity index (χ4n) is 1.26. The lowest BCUT2D eigenvalue weighted by Gasteiger charge is -2.04. The number of hydrogen-bond acceptors (Lipinski definition) is 5. The summed E-state index contributed by atoms with van der Waals surface area (Å²) in [5, 5.41) is 13.8. The molecule has 0 spiro atoms. The highest BCUT2D eigenvalue weighted by Gasteiger charge is 2.23. The van der Waals surface area contributed by atoms with E-state index in [1.165, 1.54) is 12.1 Å². The Labute approximate surface area is 112 Å². The molecule has 3 amide bonds. The van der Waals surface area contributed by atoms with Crippen molar-refractivity contribution < 1.29 is 23.9 Å². The van der Waals surface area contributed by atoms with Gasteiger partial charge in [-0.05, 0) is 25.0 Å². The number of carboxylic acids is 1. The quantitative estimate of drug-likeness (QED) is 0.698. The standard InChI is InChI=1S/C11H12N2O5S/c14-8(13-11(17)12-6-1-2-6)5-19-9-4-3-7(18-9)10(15)16/h3-4,6H,1-2,5H2,(H,15,16)(H2,12,13,14,17). The van der Waals surface area contributed by atoms with E-state index in [1.807, 2.05) is 0 Å². The number of imide groups is 1. The lowest BCUT2D eigenvalue weighted by atomic mass is 10.5. The first-order chi connectivity index (χ1) is 9.04. The highest BCUT2D eigenvalue weighted by molar-refractivity contribution is 7.99. The van der Waals surface area contributed by atoms with Crippen LogP contribution in [-0.2, 0) is 4.79 Å². The number of rotatable bonds is 5. The summed E-state index contributed by atoms with van der Waals surface area (Å²) >= 11 is 1.02. The number of thioether (sulfide) groups is 1. The van der Waals surface area contributed by atoms with Crippen LogP contribution in [0.5, 0.6) is 0 Å². The molecular weight excluding hydrogens is 272 g/mol. The average Bonchev–Trinajstić information content (AvgIpc) is 3.01. The topological polar surface area (TPSA) is 109 Å². The second-order valence-electron chi connectivity index (χ2n) is 4.01. The molecule has 0 radical (unpaired) electrons. The van der Waals surface area contributed by atoms with E-state index in [2.05, 4.69) is 10.6 Å². The van der Waals surface area contributed by atoms with Crippen molar-refractivity contribution in [1.82, 2.24) is 10.6 Å². The van der Waals surface area contributed by atoms with Gasteiger partial charge in [0.05, 0.1) is 5.75 Å². The lowest BCUT2D eigenvalue weighted by Crippen LogP contribution is -2.41. The van der Waals surface area contributed by atoms with Gasteiger partial charge in [0.1, 0.15) is 0 Å². The van der Waals surface area contributed by atoms with Crippen molar-refractivity contribution in [2.75, 3.05) is 5.75 Å². The van der Waals surface area contributed by atoms with Crippen molar-refractivity contribution in [2.45, 2.75) is 24.0 Å². The van der Waals surface area contributed by atoms with Crippen LogP contribution in [0.2, 0.25) is 0 Å². The molecule has 1 aliphatic rings. The van der Waals surface area contributed by atoms with Crippen molar-refractivity contribution in [1.29, 1.82) is 0 Å². The molecule has 0 saturated heterocycles. The minimum atomic E-state index is -1.17. The zero-order chi connectivity index (χ0) is 13.8. The Morgan fingerprint density at radius 3 is 2.68 bits per heavy atom. The summed E-state index contributed by atoms with van der Waals surface area (Å²) in [6.07, 6.45) is 1.89. The molecule has 2 rings (SSSR count). The van der Waals surface area contributed by atoms with Crippen molar-refractivity contribution >= 4 is 29.7 Å². The van der Waals surface area contributed by atoms with Crippen LogP contribution in [-0.4, -0.2) is 34.8 Å². The minimum absolute atomic E-state index is 0.0232. The molecule has 0 aromatic carbocycles. The first kappa shape index (κ1) is 13.5. The van der Waals surface area contributed by atoms with Gasteiger partial charge in [-0.15, -0.1) is 0 Å². The third-order valence-electron chi connectivity index (χ3n) is 2.30. The van der Waals surface area contributed by atoms with Crippen molar-refractivity contribution in [3.8, 4) is 0 Å². The van der Waals surface area contributed by atoms with Gasteiger partial charge >= 0.3 is 12.0 Å². The molecule has 1 aromatic heterocycles. The number of nitrogens with one attached hydrogen (secondary N) is 2. The lowest BCUT2D eigenvalue weighted by molar-refractivity contribution is -0.117. The number of amides is 3. The molecule has 0 bridgehead atoms. The van der Waals surface area contributed by atoms with Crippen LogP contribution < -0.4 is 10.6 Å². The first-order valence-corrected chi connectivity index (χ1v) is 6.59. The molecule has 0 unspecified atom stereocenters. The predicted octanol–water partition coefficient (Wildman–Crippen LogP) is 1.06. The van der Waals surface area contributed by atoms with Crippen LogP contribution in [0.4, 0.5) is 4.79 Å². The molecule has 1 heterocycles. The van der Waals surface area contributed by atoms with Crippen LogP contribution in [0, 0.1) is 0 Å². The molecule has 8 heteroatoms. The number of aromatic carboxylic acids is 1. The molecule has 0 aliphatic heterocycles. The predicted molar refractivity (Wildman–Crippen MR) is 66.1 cm³/mol. The maximum Gasteiger partial charge on any atom is 0.371 e. The normalized spacial score (nSPS) is 13.9. The Hall–Kier alpha value is -1.96. The molecule has 19 heavy (non-hydrogen) atoms. The maximum absolute atomic E-state index is 11.4. The second-order valence-corrected chi connectivity index (χ2v) is 4.99. The fraction of sp³-hybridized carbons (Fsp3) is 0.364. The molecule has 0 atom stereocenters. The van der Waals surface area contributed by atoms with E-state index in [0.29, 0.717) is 5.09 Å². The fourth-order valence-corrected chi connectivity index (χ4v) is 1.92. The van der Waals surface area contributed by atoms with E-state index in [0.717, 1.165) is 24.6 Å². The Morgan fingerprint density at radius 2 is 2.11 bits per heavy atom. The monoisotopic (exact) mass is 284 g/mol. The molecule has 3 N–H and O–H groups in total. The number of furan rings is 1. The highest BCUT2D eigenvalue weighted by Crippen LogP contribution is 2.21. The van der Waals surface area contributed by atoms with Crippen molar-refractivity contribution in [3.05, 3.63) is 17.9 Å². The van der Waals surface area contributed by atoms with Crippen LogP contribution in [0.25, 0.3) is 0 Å². The smallest absolute Gasteiger partial charge is 0.371 e. The van der Waals surface area contributed by atoms with Gasteiger partial charge in [-0.2, -0.15) is 0 Å². The largest absolute Gasteiger partial charge is 0.475 e. The van der Waals surface area contributed by atoms with Crippen molar-refractivity contribution in [3.63, 3.8) is 0 Å². The number of carbonyl (C=O) groups is 3.